The summed E-state index contributed by atoms with van der Waals surface area (Å²) < 4.78 is 22.6. The number of hydrogen-bond acceptors (Lipinski definition) is 8. The fourth-order valence-corrected chi connectivity index (χ4v) is 5.97. The lowest BCUT2D eigenvalue weighted by molar-refractivity contribution is -0.169. The topological polar surface area (TPSA) is 108 Å². The van der Waals surface area contributed by atoms with E-state index in [9.17, 15) is 19.2 Å². The van der Waals surface area contributed by atoms with Crippen molar-refractivity contribution in [2.45, 2.75) is 85.5 Å². The maximum Gasteiger partial charge on any atom is 0.315 e. The van der Waals surface area contributed by atoms with E-state index in [1.807, 2.05) is 27.7 Å². The molecule has 36 heavy (non-hydrogen) atoms. The highest BCUT2D eigenvalue weighted by Gasteiger charge is 2.67. The predicted octanol–water partition coefficient (Wildman–Crippen LogP) is 4.17. The number of Topliss-reactive ketones (excluding diaryl/α,β-unsaturated/α-hetero) is 1. The van der Waals surface area contributed by atoms with E-state index < -0.39 is 59.2 Å². The second-order valence-corrected chi connectivity index (χ2v) is 10.8. The lowest BCUT2D eigenvalue weighted by Crippen LogP contribution is -2.54. The lowest BCUT2D eigenvalue weighted by Gasteiger charge is -2.47. The maximum absolute atomic E-state index is 13.7. The highest BCUT2D eigenvalue weighted by molar-refractivity contribution is 5.90. The van der Waals surface area contributed by atoms with Crippen LogP contribution in [0.1, 0.15) is 67.7 Å². The Morgan fingerprint density at radius 2 is 1.81 bits per heavy atom. The molecule has 3 fully saturated rings. The maximum atomic E-state index is 13.7. The number of ketones is 1. The van der Waals surface area contributed by atoms with Gasteiger partial charge in [-0.3, -0.25) is 19.2 Å². The quantitative estimate of drug-likeness (QED) is 0.151. The summed E-state index contributed by atoms with van der Waals surface area (Å²) in [4.78, 5) is 52.3. The summed E-state index contributed by atoms with van der Waals surface area (Å²) >= 11 is 0. The van der Waals surface area contributed by atoms with E-state index in [4.69, 9.17) is 18.9 Å². The summed E-state index contributed by atoms with van der Waals surface area (Å²) in [6.45, 7) is 17.0. The van der Waals surface area contributed by atoms with Crippen LogP contribution in [0.2, 0.25) is 0 Å². The summed E-state index contributed by atoms with van der Waals surface area (Å²) in [5, 5.41) is 0. The Bertz CT molecular complexity index is 945. The largest absolute Gasteiger partial charge is 0.462 e. The third kappa shape index (κ3) is 5.43. The van der Waals surface area contributed by atoms with Gasteiger partial charge in [0.25, 0.3) is 0 Å². The molecule has 3 aliphatic rings. The van der Waals surface area contributed by atoms with E-state index in [0.29, 0.717) is 25.0 Å². The van der Waals surface area contributed by atoms with Crippen LogP contribution in [-0.2, 0) is 38.1 Å². The van der Waals surface area contributed by atoms with Crippen molar-refractivity contribution in [1.82, 2.24) is 0 Å². The van der Waals surface area contributed by atoms with Crippen LogP contribution in [0.15, 0.2) is 24.0 Å². The van der Waals surface area contributed by atoms with E-state index in [0.717, 1.165) is 5.57 Å². The molecule has 9 atom stereocenters. The first-order valence-corrected chi connectivity index (χ1v) is 12.9. The third-order valence-electron chi connectivity index (χ3n) is 8.22. The Morgan fingerprint density at radius 1 is 1.17 bits per heavy atom. The first-order valence-electron chi connectivity index (χ1n) is 12.9. The van der Waals surface area contributed by atoms with Crippen molar-refractivity contribution in [3.05, 3.63) is 24.0 Å². The van der Waals surface area contributed by atoms with Crippen molar-refractivity contribution < 1.29 is 38.1 Å². The zero-order chi connectivity index (χ0) is 26.9. The van der Waals surface area contributed by atoms with Gasteiger partial charge in [0.15, 0.2) is 0 Å². The normalized spacial score (nSPS) is 35.5. The molecule has 0 spiro atoms. The molecule has 0 radical (unpaired) electrons. The minimum absolute atomic E-state index is 0.0704. The van der Waals surface area contributed by atoms with Crippen molar-refractivity contribution in [2.24, 2.45) is 35.5 Å². The number of carbonyl (C=O) groups excluding carboxylic acids is 4. The van der Waals surface area contributed by atoms with Crippen molar-refractivity contribution >= 4 is 23.7 Å². The minimum atomic E-state index is -0.968. The van der Waals surface area contributed by atoms with E-state index in [-0.39, 0.29) is 24.2 Å². The van der Waals surface area contributed by atoms with Crippen molar-refractivity contribution in [3.8, 4) is 0 Å². The average molecular weight is 505 g/mol. The first-order chi connectivity index (χ1) is 16.9. The summed E-state index contributed by atoms with van der Waals surface area (Å²) in [6, 6.07) is 0. The van der Waals surface area contributed by atoms with E-state index in [1.165, 1.54) is 13.2 Å². The number of hydrogen-bond donors (Lipinski definition) is 0. The molecular weight excluding hydrogens is 464 g/mol. The fourth-order valence-electron chi connectivity index (χ4n) is 5.97. The minimum Gasteiger partial charge on any atom is -0.462 e. The number of epoxide rings is 1. The van der Waals surface area contributed by atoms with Crippen LogP contribution >= 0.6 is 0 Å². The van der Waals surface area contributed by atoms with Gasteiger partial charge in [0, 0.05) is 19.3 Å². The molecule has 3 rings (SSSR count). The average Bonchev–Trinajstić information content (AvgIpc) is 3.45. The van der Waals surface area contributed by atoms with Crippen LogP contribution in [0.5, 0.6) is 0 Å². The SMILES string of the molecule is C=C1[C@@H](C(=O)O[C@@H](C)CC)[C@@H](C(=O)O/C=C(/C)CC)[C@H]([C@@]2(C)CO2)[C@H]2[C@H]([C@H](C)OC(C)=O)C(=O)C[C@H]12. The van der Waals surface area contributed by atoms with Gasteiger partial charge >= 0.3 is 17.9 Å². The molecule has 2 aliphatic carbocycles. The molecule has 1 aliphatic heterocycles. The number of allylic oxidation sites excluding steroid dienone is 1. The van der Waals surface area contributed by atoms with Crippen LogP contribution in [0, 0.1) is 35.5 Å². The van der Waals surface area contributed by atoms with Crippen molar-refractivity contribution in [2.75, 3.05) is 6.61 Å². The molecular formula is C28H40O8. The van der Waals surface area contributed by atoms with Gasteiger partial charge in [-0.05, 0) is 57.9 Å². The Labute approximate surface area is 213 Å². The Hall–Kier alpha value is -2.48. The van der Waals surface area contributed by atoms with Gasteiger partial charge in [0.1, 0.15) is 11.9 Å². The number of carbonyl (C=O) groups is 4. The Kier molecular flexibility index (Phi) is 8.48. The fraction of sp³-hybridized carbons (Fsp3) is 0.714. The third-order valence-corrected chi connectivity index (χ3v) is 8.22. The second-order valence-electron chi connectivity index (χ2n) is 10.8. The Morgan fingerprint density at radius 3 is 2.33 bits per heavy atom. The van der Waals surface area contributed by atoms with Gasteiger partial charge in [0.05, 0.1) is 42.3 Å². The molecule has 8 nitrogen and oxygen atoms in total. The molecule has 1 heterocycles. The van der Waals surface area contributed by atoms with Gasteiger partial charge in [-0.2, -0.15) is 0 Å². The van der Waals surface area contributed by atoms with Gasteiger partial charge in [-0.15, -0.1) is 0 Å². The molecule has 0 amide bonds. The van der Waals surface area contributed by atoms with Gasteiger partial charge < -0.3 is 18.9 Å². The second kappa shape index (κ2) is 10.9. The number of ether oxygens (including phenoxy) is 4. The summed E-state index contributed by atoms with van der Waals surface area (Å²) in [6.07, 6.45) is 1.88. The van der Waals surface area contributed by atoms with Gasteiger partial charge in [0.2, 0.25) is 0 Å². The first kappa shape index (κ1) is 28.1. The summed E-state index contributed by atoms with van der Waals surface area (Å²) in [5.74, 6) is -5.52. The zero-order valence-corrected chi connectivity index (χ0v) is 22.5. The Balaban J connectivity index is 2.11. The molecule has 0 aromatic carbocycles. The van der Waals surface area contributed by atoms with Crippen molar-refractivity contribution in [3.63, 3.8) is 0 Å². The molecule has 8 heteroatoms. The molecule has 200 valence electrons. The van der Waals surface area contributed by atoms with Crippen LogP contribution in [0.3, 0.4) is 0 Å². The van der Waals surface area contributed by atoms with Crippen LogP contribution in [0.4, 0.5) is 0 Å². The van der Waals surface area contributed by atoms with Crippen LogP contribution in [-0.4, -0.2) is 48.1 Å². The van der Waals surface area contributed by atoms with Crippen molar-refractivity contribution in [1.29, 1.82) is 0 Å². The van der Waals surface area contributed by atoms with Crippen LogP contribution < -0.4 is 0 Å². The standard InChI is InChI=1S/C28H40O8/c1-9-14(3)12-33-26(31)24-21(27(32)35-15(4)10-2)16(5)19-11-20(30)22(17(6)36-18(7)29)23(19)25(24)28(8)13-34-28/h12,15,17,19,21-25H,5,9-11,13H2,1-4,6-8H3/b14-12-/t15-,17-,19+,21+,22+,23+,24+,25+,28+/m0/s1. The zero-order valence-electron chi connectivity index (χ0n) is 22.5. The number of fused-ring (bicyclic) bond motifs is 1. The molecule has 0 unspecified atom stereocenters. The highest BCUT2D eigenvalue weighted by atomic mass is 16.6. The van der Waals surface area contributed by atoms with E-state index >= 15 is 0 Å². The van der Waals surface area contributed by atoms with Gasteiger partial charge in [-0.25, -0.2) is 0 Å². The molecule has 0 aromatic heterocycles. The molecule has 0 bridgehead atoms. The molecule has 0 aromatic rings. The smallest absolute Gasteiger partial charge is 0.315 e. The lowest BCUT2D eigenvalue weighted by atomic mass is 9.55. The number of esters is 3. The summed E-state index contributed by atoms with van der Waals surface area (Å²) in [5.41, 5.74) is 0.639. The monoisotopic (exact) mass is 504 g/mol. The van der Waals surface area contributed by atoms with E-state index in [2.05, 4.69) is 6.58 Å². The number of rotatable bonds is 9. The van der Waals surface area contributed by atoms with Gasteiger partial charge in [-0.1, -0.05) is 26.0 Å². The molecule has 1 saturated heterocycles. The molecule has 2 saturated carbocycles. The highest BCUT2D eigenvalue weighted by Crippen LogP contribution is 2.61. The molecule has 0 N–H and O–H groups in total. The van der Waals surface area contributed by atoms with Crippen LogP contribution in [0.25, 0.3) is 0 Å². The summed E-state index contributed by atoms with van der Waals surface area (Å²) in [7, 11) is 0. The van der Waals surface area contributed by atoms with E-state index in [1.54, 1.807) is 13.8 Å². The predicted molar refractivity (Wildman–Crippen MR) is 131 cm³/mol.